The normalized spacial score (nSPS) is 22.4. The van der Waals surface area contributed by atoms with Crippen molar-refractivity contribution in [1.29, 1.82) is 0 Å². The van der Waals surface area contributed by atoms with Crippen LogP contribution >= 0.6 is 0 Å². The van der Waals surface area contributed by atoms with Crippen LogP contribution in [0.15, 0.2) is 83.2 Å². The van der Waals surface area contributed by atoms with Gasteiger partial charge in [0.2, 0.25) is 0 Å². The molecule has 146 valence electrons. The Bertz CT molecular complexity index is 847. The van der Waals surface area contributed by atoms with Gasteiger partial charge in [0.15, 0.2) is 0 Å². The van der Waals surface area contributed by atoms with Gasteiger partial charge in [0.25, 0.3) is 0 Å². The average molecular weight is 377 g/mol. The van der Waals surface area contributed by atoms with Gasteiger partial charge in [0, 0.05) is 0 Å². The first-order valence-electron chi connectivity index (χ1n) is 9.91. The summed E-state index contributed by atoms with van der Waals surface area (Å²) in [5.74, 6) is -0.740. The second-order valence-electron chi connectivity index (χ2n) is 6.85. The van der Waals surface area contributed by atoms with Gasteiger partial charge in [-0.2, -0.15) is 5.10 Å². The fourth-order valence-electron chi connectivity index (χ4n) is 3.69. The molecule has 4 heteroatoms. The van der Waals surface area contributed by atoms with E-state index in [4.69, 9.17) is 9.84 Å². The quantitative estimate of drug-likeness (QED) is 0.518. The molecule has 0 aromatic heterocycles. The van der Waals surface area contributed by atoms with Gasteiger partial charge in [-0.3, -0.25) is 9.80 Å². The Morgan fingerprint density at radius 1 is 1.29 bits per heavy atom. The minimum atomic E-state index is -0.480. The molecule has 1 aromatic carbocycles. The molecule has 1 aliphatic heterocycles. The third kappa shape index (κ3) is 4.01. The lowest BCUT2D eigenvalue weighted by atomic mass is 9.85. The zero-order valence-corrected chi connectivity index (χ0v) is 16.8. The van der Waals surface area contributed by atoms with Gasteiger partial charge >= 0.3 is 5.97 Å². The molecule has 1 heterocycles. The number of methoxy groups -OCH3 is 1. The number of rotatable bonds is 6. The number of nitrogens with zero attached hydrogens (tertiary/aromatic N) is 2. The molecule has 1 aromatic rings. The predicted molar refractivity (Wildman–Crippen MR) is 114 cm³/mol. The SMILES string of the molecule is CC=C(C=CCC)N1N=C(c2ccccc2)C(C(=O)OC)C1C1=CCCC=C1. The van der Waals surface area contributed by atoms with E-state index in [1.54, 1.807) is 0 Å². The van der Waals surface area contributed by atoms with Crippen LogP contribution in [0, 0.1) is 5.92 Å². The van der Waals surface area contributed by atoms with E-state index in [1.165, 1.54) is 7.11 Å². The van der Waals surface area contributed by atoms with Crippen molar-refractivity contribution in [2.45, 2.75) is 39.2 Å². The summed E-state index contributed by atoms with van der Waals surface area (Å²) in [5, 5.41) is 6.93. The van der Waals surface area contributed by atoms with Crippen molar-refractivity contribution in [2.24, 2.45) is 11.0 Å². The topological polar surface area (TPSA) is 41.9 Å². The molecule has 3 rings (SSSR count). The number of benzene rings is 1. The largest absolute Gasteiger partial charge is 0.468 e. The van der Waals surface area contributed by atoms with Crippen molar-refractivity contribution in [2.75, 3.05) is 7.11 Å². The van der Waals surface area contributed by atoms with E-state index in [0.29, 0.717) is 0 Å². The lowest BCUT2D eigenvalue weighted by molar-refractivity contribution is -0.143. The highest BCUT2D eigenvalue weighted by Gasteiger charge is 2.45. The van der Waals surface area contributed by atoms with Gasteiger partial charge in [0.05, 0.1) is 24.6 Å². The Morgan fingerprint density at radius 2 is 2.07 bits per heavy atom. The van der Waals surface area contributed by atoms with Crippen LogP contribution in [0.2, 0.25) is 0 Å². The van der Waals surface area contributed by atoms with Crippen molar-refractivity contribution in [1.82, 2.24) is 5.01 Å². The molecule has 0 saturated carbocycles. The van der Waals surface area contributed by atoms with Crippen LogP contribution in [0.4, 0.5) is 0 Å². The van der Waals surface area contributed by atoms with Crippen LogP contribution in [-0.2, 0) is 9.53 Å². The first-order valence-corrected chi connectivity index (χ1v) is 9.91. The maximum absolute atomic E-state index is 12.9. The Kier molecular flexibility index (Phi) is 6.64. The first-order chi connectivity index (χ1) is 13.7. The molecule has 28 heavy (non-hydrogen) atoms. The number of hydrogen-bond donors (Lipinski definition) is 0. The van der Waals surface area contributed by atoms with Crippen molar-refractivity contribution in [3.63, 3.8) is 0 Å². The molecule has 2 aliphatic rings. The molecular formula is C24H28N2O2. The molecule has 0 bridgehead atoms. The summed E-state index contributed by atoms with van der Waals surface area (Å²) in [6.07, 6.45) is 15.7. The number of hydrazone groups is 1. The molecule has 0 saturated heterocycles. The number of allylic oxidation sites excluding steroid dienone is 5. The zero-order valence-electron chi connectivity index (χ0n) is 16.8. The molecule has 1 aliphatic carbocycles. The van der Waals surface area contributed by atoms with Crippen molar-refractivity contribution < 1.29 is 9.53 Å². The van der Waals surface area contributed by atoms with Crippen LogP contribution in [0.1, 0.15) is 38.7 Å². The Morgan fingerprint density at radius 3 is 2.68 bits per heavy atom. The molecule has 2 atom stereocenters. The summed E-state index contributed by atoms with van der Waals surface area (Å²) < 4.78 is 5.21. The summed E-state index contributed by atoms with van der Waals surface area (Å²) in [6.45, 7) is 4.11. The van der Waals surface area contributed by atoms with Crippen LogP contribution in [0.5, 0.6) is 0 Å². The summed E-state index contributed by atoms with van der Waals surface area (Å²) >= 11 is 0. The second kappa shape index (κ2) is 9.36. The standard InChI is InChI=1S/C24H28N2O2/c1-4-6-17-20(5-2)26-23(19-15-11-8-12-16-19)21(24(27)28-3)22(25-26)18-13-9-7-10-14-18/h5-7,9-11,13-17,21,23H,4,8,12H2,1-3H3. The van der Waals surface area contributed by atoms with Gasteiger partial charge in [-0.05, 0) is 43.4 Å². The minimum Gasteiger partial charge on any atom is -0.468 e. The van der Waals surface area contributed by atoms with Crippen molar-refractivity contribution in [3.8, 4) is 0 Å². The Labute approximate surface area is 167 Å². The molecular weight excluding hydrogens is 348 g/mol. The van der Waals surface area contributed by atoms with Crippen LogP contribution in [-0.4, -0.2) is 29.8 Å². The van der Waals surface area contributed by atoms with Crippen LogP contribution in [0.25, 0.3) is 0 Å². The fraction of sp³-hybridized carbons (Fsp3) is 0.333. The molecule has 2 unspecified atom stereocenters. The average Bonchev–Trinajstić information content (AvgIpc) is 3.15. The molecule has 4 nitrogen and oxygen atoms in total. The van der Waals surface area contributed by atoms with E-state index in [-0.39, 0.29) is 12.0 Å². The molecule has 0 radical (unpaired) electrons. The first kappa shape index (κ1) is 19.9. The number of esters is 1. The number of ether oxygens (including phenoxy) is 1. The lowest BCUT2D eigenvalue weighted by Crippen LogP contribution is -2.39. The highest BCUT2D eigenvalue weighted by atomic mass is 16.5. The van der Waals surface area contributed by atoms with E-state index in [1.807, 2.05) is 48.3 Å². The summed E-state index contributed by atoms with van der Waals surface area (Å²) in [7, 11) is 1.45. The second-order valence-corrected chi connectivity index (χ2v) is 6.85. The van der Waals surface area contributed by atoms with E-state index >= 15 is 0 Å². The van der Waals surface area contributed by atoms with Crippen molar-refractivity contribution in [3.05, 3.63) is 83.6 Å². The van der Waals surface area contributed by atoms with Crippen LogP contribution in [0.3, 0.4) is 0 Å². The van der Waals surface area contributed by atoms with Gasteiger partial charge in [-0.1, -0.05) is 67.6 Å². The predicted octanol–water partition coefficient (Wildman–Crippen LogP) is 5.01. The Balaban J connectivity index is 2.14. The summed E-state index contributed by atoms with van der Waals surface area (Å²) in [4.78, 5) is 12.9. The number of carbonyl (C=O) groups is 1. The number of carbonyl (C=O) groups excluding carboxylic acids is 1. The highest BCUT2D eigenvalue weighted by molar-refractivity contribution is 6.13. The lowest BCUT2D eigenvalue weighted by Gasteiger charge is -2.29. The zero-order chi connectivity index (χ0) is 19.9. The van der Waals surface area contributed by atoms with E-state index in [2.05, 4.69) is 37.3 Å². The Hall–Kier alpha value is -2.88. The molecule has 0 amide bonds. The fourth-order valence-corrected chi connectivity index (χ4v) is 3.69. The summed E-state index contributed by atoms with van der Waals surface area (Å²) in [6, 6.07) is 9.69. The van der Waals surface area contributed by atoms with Gasteiger partial charge < -0.3 is 4.74 Å². The van der Waals surface area contributed by atoms with Gasteiger partial charge in [-0.15, -0.1) is 0 Å². The smallest absolute Gasteiger partial charge is 0.317 e. The van der Waals surface area contributed by atoms with Crippen LogP contribution < -0.4 is 0 Å². The number of hydrogen-bond acceptors (Lipinski definition) is 4. The summed E-state index contributed by atoms with van der Waals surface area (Å²) in [5.41, 5.74) is 3.79. The van der Waals surface area contributed by atoms with Gasteiger partial charge in [0.1, 0.15) is 5.92 Å². The third-order valence-electron chi connectivity index (χ3n) is 5.06. The van der Waals surface area contributed by atoms with E-state index in [0.717, 1.165) is 41.8 Å². The van der Waals surface area contributed by atoms with Crippen molar-refractivity contribution >= 4 is 11.7 Å². The third-order valence-corrected chi connectivity index (χ3v) is 5.06. The maximum Gasteiger partial charge on any atom is 0.317 e. The molecule has 0 N–H and O–H groups in total. The molecule has 0 fully saturated rings. The van der Waals surface area contributed by atoms with E-state index < -0.39 is 5.92 Å². The minimum absolute atomic E-state index is 0.216. The molecule has 0 spiro atoms. The van der Waals surface area contributed by atoms with E-state index in [9.17, 15) is 4.79 Å². The highest BCUT2D eigenvalue weighted by Crippen LogP contribution is 2.36. The van der Waals surface area contributed by atoms with Gasteiger partial charge in [-0.25, -0.2) is 0 Å². The maximum atomic E-state index is 12.9. The monoisotopic (exact) mass is 376 g/mol.